The summed E-state index contributed by atoms with van der Waals surface area (Å²) >= 11 is 0. The van der Waals surface area contributed by atoms with E-state index in [9.17, 15) is 0 Å². The monoisotopic (exact) mass is 300 g/mol. The zero-order chi connectivity index (χ0) is 7.14. The zero-order valence-corrected chi connectivity index (χ0v) is 11.0. The largest absolute Gasteiger partial charge is 0.311 e. The van der Waals surface area contributed by atoms with Crippen LogP contribution in [0.5, 0.6) is 0 Å². The van der Waals surface area contributed by atoms with Gasteiger partial charge in [0.15, 0.2) is 0 Å². The summed E-state index contributed by atoms with van der Waals surface area (Å²) in [5.41, 5.74) is 0. The molecule has 2 saturated heterocycles. The first-order valence-electron chi connectivity index (χ1n) is 4.26. The van der Waals surface area contributed by atoms with Gasteiger partial charge >= 0.3 is 0 Å². The summed E-state index contributed by atoms with van der Waals surface area (Å²) in [6.07, 6.45) is 1.39. The third-order valence-corrected chi connectivity index (χ3v) is 2.76. The average Bonchev–Trinajstić information content (AvgIpc) is 2.44. The summed E-state index contributed by atoms with van der Waals surface area (Å²) in [6, 6.07) is 2.41. The number of nitrogens with one attached hydrogen (secondary N) is 1. The van der Waals surface area contributed by atoms with Crippen LogP contribution in [0.4, 0.5) is 0 Å². The topological polar surface area (TPSA) is 15.3 Å². The Morgan fingerprint density at radius 2 is 2.00 bits per heavy atom. The second kappa shape index (κ2) is 4.94. The summed E-state index contributed by atoms with van der Waals surface area (Å²) in [5.74, 6) is 0. The summed E-state index contributed by atoms with van der Waals surface area (Å²) in [6.45, 7) is 7.09. The highest BCUT2D eigenvalue weighted by Gasteiger charge is 2.38. The van der Waals surface area contributed by atoms with Gasteiger partial charge in [0.25, 0.3) is 0 Å². The van der Waals surface area contributed by atoms with Gasteiger partial charge in [-0.3, -0.25) is 4.90 Å². The van der Waals surface area contributed by atoms with Gasteiger partial charge < -0.3 is 5.32 Å². The third-order valence-electron chi connectivity index (χ3n) is 2.76. The van der Waals surface area contributed by atoms with Crippen LogP contribution in [0.25, 0.3) is 0 Å². The molecule has 0 saturated carbocycles. The molecule has 2 aliphatic heterocycles. The second-order valence-corrected chi connectivity index (χ2v) is 3.79. The van der Waals surface area contributed by atoms with E-state index in [0.717, 1.165) is 18.1 Å². The van der Waals surface area contributed by atoms with E-state index >= 15 is 0 Å². The average molecular weight is 302 g/mol. The number of likely N-dealkylation sites (tertiary alicyclic amines) is 1. The number of piperazine rings is 1. The van der Waals surface area contributed by atoms with E-state index in [1.165, 1.54) is 19.5 Å². The van der Waals surface area contributed by atoms with Gasteiger partial charge in [-0.25, -0.2) is 0 Å². The highest BCUT2D eigenvalue weighted by atomic mass is 79.9. The number of hydrogen-bond acceptors (Lipinski definition) is 2. The number of hydrogen-bond donors (Lipinski definition) is 1. The maximum atomic E-state index is 3.50. The Bertz CT molecular complexity index is 141. The van der Waals surface area contributed by atoms with Gasteiger partial charge in [0, 0.05) is 31.2 Å². The minimum Gasteiger partial charge on any atom is -0.311 e. The van der Waals surface area contributed by atoms with Crippen LogP contribution in [0.3, 0.4) is 0 Å². The molecule has 2 nitrogen and oxygen atoms in total. The van der Waals surface area contributed by atoms with Crippen LogP contribution in [-0.2, 0) is 0 Å². The van der Waals surface area contributed by atoms with Crippen molar-refractivity contribution in [2.75, 3.05) is 13.1 Å². The van der Waals surface area contributed by atoms with Crippen molar-refractivity contribution in [3.8, 4) is 0 Å². The molecule has 0 amide bonds. The number of fused-ring (bicyclic) bond motifs is 2. The Morgan fingerprint density at radius 3 is 2.25 bits per heavy atom. The standard InChI is InChI=1S/C8H16N2.2BrH/c1-6(2)10-5-7-3-8(10)4-9-7;;/h6-9H,3-5H2,1-2H3;2*1H/t7-,8-;;/m1../s1. The quantitative estimate of drug-likeness (QED) is 0.791. The molecule has 4 heteroatoms. The molecular formula is C8H18Br2N2. The molecule has 0 spiro atoms. The van der Waals surface area contributed by atoms with Crippen molar-refractivity contribution >= 4 is 34.0 Å². The second-order valence-electron chi connectivity index (χ2n) is 3.79. The number of nitrogens with zero attached hydrogens (tertiary/aromatic N) is 1. The van der Waals surface area contributed by atoms with Gasteiger partial charge in [-0.15, -0.1) is 34.0 Å². The van der Waals surface area contributed by atoms with Crippen molar-refractivity contribution in [3.05, 3.63) is 0 Å². The molecular weight excluding hydrogens is 284 g/mol. The van der Waals surface area contributed by atoms with Crippen LogP contribution in [0.2, 0.25) is 0 Å². The van der Waals surface area contributed by atoms with Crippen LogP contribution in [0.15, 0.2) is 0 Å². The summed E-state index contributed by atoms with van der Waals surface area (Å²) in [7, 11) is 0. The van der Waals surface area contributed by atoms with Gasteiger partial charge in [-0.1, -0.05) is 0 Å². The highest BCUT2D eigenvalue weighted by molar-refractivity contribution is 8.93. The lowest BCUT2D eigenvalue weighted by Gasteiger charge is -2.30. The van der Waals surface area contributed by atoms with E-state index in [1.54, 1.807) is 0 Å². The Hall–Kier alpha value is 0.880. The maximum Gasteiger partial charge on any atom is 0.0239 e. The molecule has 0 aromatic carbocycles. The van der Waals surface area contributed by atoms with Crippen molar-refractivity contribution in [1.82, 2.24) is 10.2 Å². The summed E-state index contributed by atoms with van der Waals surface area (Å²) in [4.78, 5) is 2.61. The molecule has 0 aromatic rings. The number of halogens is 2. The van der Waals surface area contributed by atoms with Crippen LogP contribution in [0.1, 0.15) is 20.3 Å². The predicted molar refractivity (Wildman–Crippen MR) is 62.7 cm³/mol. The first-order valence-corrected chi connectivity index (χ1v) is 4.26. The predicted octanol–water partition coefficient (Wildman–Crippen LogP) is 1.60. The van der Waals surface area contributed by atoms with Crippen LogP contribution >= 0.6 is 34.0 Å². The molecule has 2 rings (SSSR count). The van der Waals surface area contributed by atoms with E-state index in [0.29, 0.717) is 0 Å². The molecule has 2 aliphatic rings. The Labute approximate surface area is 95.6 Å². The molecule has 2 atom stereocenters. The molecule has 12 heavy (non-hydrogen) atoms. The minimum atomic E-state index is 0. The van der Waals surface area contributed by atoms with E-state index in [1.807, 2.05) is 0 Å². The molecule has 0 aliphatic carbocycles. The summed E-state index contributed by atoms with van der Waals surface area (Å²) < 4.78 is 0. The van der Waals surface area contributed by atoms with E-state index in [-0.39, 0.29) is 34.0 Å². The SMILES string of the molecule is Br.Br.CC(C)N1C[C@H]2C[C@@H]1CN2. The van der Waals surface area contributed by atoms with E-state index in [2.05, 4.69) is 24.1 Å². The fourth-order valence-corrected chi connectivity index (χ4v) is 2.23. The molecule has 2 bridgehead atoms. The van der Waals surface area contributed by atoms with Crippen molar-refractivity contribution in [1.29, 1.82) is 0 Å². The van der Waals surface area contributed by atoms with Gasteiger partial charge in [-0.05, 0) is 20.3 Å². The van der Waals surface area contributed by atoms with Crippen LogP contribution in [0, 0.1) is 0 Å². The molecule has 0 radical (unpaired) electrons. The first kappa shape index (κ1) is 12.9. The molecule has 0 unspecified atom stereocenters. The van der Waals surface area contributed by atoms with Gasteiger partial charge in [0.05, 0.1) is 0 Å². The Balaban J connectivity index is 0.000000605. The highest BCUT2D eigenvalue weighted by Crippen LogP contribution is 2.24. The summed E-state index contributed by atoms with van der Waals surface area (Å²) in [5, 5.41) is 3.50. The lowest BCUT2D eigenvalue weighted by Crippen LogP contribution is -2.46. The Morgan fingerprint density at radius 1 is 1.33 bits per heavy atom. The fraction of sp³-hybridized carbons (Fsp3) is 1.00. The maximum absolute atomic E-state index is 3.50. The molecule has 1 N–H and O–H groups in total. The first-order chi connectivity index (χ1) is 4.77. The smallest absolute Gasteiger partial charge is 0.0239 e. The fourth-order valence-electron chi connectivity index (χ4n) is 2.23. The van der Waals surface area contributed by atoms with Crippen molar-refractivity contribution < 1.29 is 0 Å². The van der Waals surface area contributed by atoms with E-state index < -0.39 is 0 Å². The van der Waals surface area contributed by atoms with Crippen molar-refractivity contribution in [3.63, 3.8) is 0 Å². The third kappa shape index (κ3) is 2.22. The zero-order valence-electron chi connectivity index (χ0n) is 7.62. The molecule has 0 aromatic heterocycles. The van der Waals surface area contributed by atoms with E-state index in [4.69, 9.17) is 0 Å². The minimum absolute atomic E-state index is 0. The lowest BCUT2D eigenvalue weighted by atomic mass is 10.2. The molecule has 2 fully saturated rings. The Kier molecular flexibility index (Phi) is 5.30. The van der Waals surface area contributed by atoms with Crippen molar-refractivity contribution in [2.24, 2.45) is 0 Å². The molecule has 74 valence electrons. The molecule has 2 heterocycles. The van der Waals surface area contributed by atoms with Gasteiger partial charge in [0.2, 0.25) is 0 Å². The van der Waals surface area contributed by atoms with Gasteiger partial charge in [0.1, 0.15) is 0 Å². The normalized spacial score (nSPS) is 33.2. The number of rotatable bonds is 1. The van der Waals surface area contributed by atoms with Crippen LogP contribution < -0.4 is 5.32 Å². The van der Waals surface area contributed by atoms with Gasteiger partial charge in [-0.2, -0.15) is 0 Å². The lowest BCUT2D eigenvalue weighted by molar-refractivity contribution is 0.181. The van der Waals surface area contributed by atoms with Crippen molar-refractivity contribution in [2.45, 2.75) is 38.4 Å². The van der Waals surface area contributed by atoms with Crippen LogP contribution in [-0.4, -0.2) is 36.1 Å².